The molecular formula is C31H34N2. The van der Waals surface area contributed by atoms with Crippen LogP contribution in [-0.4, -0.2) is 9.38 Å². The zero-order valence-corrected chi connectivity index (χ0v) is 20.9. The predicted molar refractivity (Wildman–Crippen MR) is 143 cm³/mol. The predicted octanol–water partition coefficient (Wildman–Crippen LogP) is 8.99. The van der Waals surface area contributed by atoms with Crippen LogP contribution in [0.3, 0.4) is 0 Å². The Morgan fingerprint density at radius 1 is 0.697 bits per heavy atom. The van der Waals surface area contributed by atoms with Crippen LogP contribution in [0.1, 0.15) is 81.5 Å². The van der Waals surface area contributed by atoms with Gasteiger partial charge in [-0.3, -0.25) is 4.40 Å². The lowest BCUT2D eigenvalue weighted by Crippen LogP contribution is -2.05. The molecule has 0 saturated heterocycles. The van der Waals surface area contributed by atoms with Crippen molar-refractivity contribution in [2.45, 2.75) is 66.2 Å². The highest BCUT2D eigenvalue weighted by molar-refractivity contribution is 6.12. The summed E-state index contributed by atoms with van der Waals surface area (Å²) >= 11 is 0. The van der Waals surface area contributed by atoms with Crippen LogP contribution in [0.2, 0.25) is 0 Å². The molecule has 2 heteroatoms. The first-order chi connectivity index (χ1) is 15.8. The average Bonchev–Trinajstić information content (AvgIpc) is 3.23. The van der Waals surface area contributed by atoms with Gasteiger partial charge in [-0.05, 0) is 58.9 Å². The fourth-order valence-electron chi connectivity index (χ4n) is 5.19. The minimum Gasteiger partial charge on any atom is -0.292 e. The summed E-state index contributed by atoms with van der Waals surface area (Å²) < 4.78 is 2.40. The largest absolute Gasteiger partial charge is 0.292 e. The van der Waals surface area contributed by atoms with E-state index in [0.29, 0.717) is 17.8 Å². The van der Waals surface area contributed by atoms with Gasteiger partial charge in [0, 0.05) is 16.3 Å². The number of aryl methyl sites for hydroxylation is 1. The van der Waals surface area contributed by atoms with E-state index in [-0.39, 0.29) is 0 Å². The number of fused-ring (bicyclic) bond motifs is 6. The summed E-state index contributed by atoms with van der Waals surface area (Å²) in [4.78, 5) is 5.02. The molecule has 5 aromatic rings. The number of nitrogens with zero attached hydrogens (tertiary/aromatic N) is 2. The highest BCUT2D eigenvalue weighted by Gasteiger charge is 2.22. The summed E-state index contributed by atoms with van der Waals surface area (Å²) in [5, 5.41) is 3.76. The van der Waals surface area contributed by atoms with E-state index in [1.165, 1.54) is 55.2 Å². The van der Waals surface area contributed by atoms with E-state index in [2.05, 4.69) is 114 Å². The van der Waals surface area contributed by atoms with Crippen molar-refractivity contribution in [3.05, 3.63) is 83.0 Å². The summed E-state index contributed by atoms with van der Waals surface area (Å²) in [5.41, 5.74) is 10.3. The first-order valence-electron chi connectivity index (χ1n) is 12.2. The van der Waals surface area contributed by atoms with Crippen LogP contribution in [-0.2, 0) is 0 Å². The van der Waals surface area contributed by atoms with Crippen LogP contribution in [0.5, 0.6) is 0 Å². The normalized spacial score (nSPS) is 12.3. The molecule has 33 heavy (non-hydrogen) atoms. The van der Waals surface area contributed by atoms with Crippen molar-refractivity contribution in [3.8, 4) is 11.3 Å². The molecule has 0 bridgehead atoms. The second-order valence-electron chi connectivity index (χ2n) is 10.4. The number of aromatic nitrogens is 2. The minimum atomic E-state index is 0.427. The van der Waals surface area contributed by atoms with E-state index < -0.39 is 0 Å². The van der Waals surface area contributed by atoms with Gasteiger partial charge in [-0.15, -0.1) is 0 Å². The molecule has 168 valence electrons. The molecule has 0 unspecified atom stereocenters. The topological polar surface area (TPSA) is 17.3 Å². The maximum atomic E-state index is 5.02. The molecule has 0 fully saturated rings. The SMILES string of the molecule is Cc1ccc2c(c1)c1ccccc1c1ncc(-c3c(C(C)C)cc(C(C)C)cc3C(C)C)n21. The number of hydrogen-bond donors (Lipinski definition) is 0. The molecule has 0 spiro atoms. The summed E-state index contributed by atoms with van der Waals surface area (Å²) in [6.45, 7) is 16.0. The molecule has 0 aliphatic rings. The van der Waals surface area contributed by atoms with Crippen LogP contribution < -0.4 is 0 Å². The van der Waals surface area contributed by atoms with Gasteiger partial charge in [0.05, 0.1) is 17.4 Å². The van der Waals surface area contributed by atoms with Gasteiger partial charge < -0.3 is 0 Å². The fraction of sp³-hybridized carbons (Fsp3) is 0.323. The molecule has 0 radical (unpaired) electrons. The third-order valence-corrected chi connectivity index (χ3v) is 7.00. The van der Waals surface area contributed by atoms with Crippen molar-refractivity contribution in [2.75, 3.05) is 0 Å². The van der Waals surface area contributed by atoms with Crippen LogP contribution in [0.15, 0.2) is 60.8 Å². The average molecular weight is 435 g/mol. The standard InChI is InChI=1S/C31H34N2/c1-18(2)22-15-25(19(3)4)30(26(16-22)20(5)6)29-17-32-31-24-11-9-8-10-23(24)27-14-21(7)12-13-28(27)33(29)31/h8-20H,1-7H3. The van der Waals surface area contributed by atoms with E-state index in [0.717, 1.165) is 5.65 Å². The van der Waals surface area contributed by atoms with Gasteiger partial charge in [-0.2, -0.15) is 0 Å². The van der Waals surface area contributed by atoms with E-state index in [1.54, 1.807) is 0 Å². The molecule has 0 aliphatic heterocycles. The minimum absolute atomic E-state index is 0.427. The van der Waals surface area contributed by atoms with Crippen molar-refractivity contribution in [1.82, 2.24) is 9.38 Å². The van der Waals surface area contributed by atoms with Crippen molar-refractivity contribution >= 4 is 27.3 Å². The van der Waals surface area contributed by atoms with Gasteiger partial charge in [0.2, 0.25) is 0 Å². The van der Waals surface area contributed by atoms with Crippen LogP contribution in [0.25, 0.3) is 38.6 Å². The lowest BCUT2D eigenvalue weighted by atomic mass is 9.83. The lowest BCUT2D eigenvalue weighted by Gasteiger charge is -2.23. The molecule has 3 aromatic carbocycles. The number of rotatable bonds is 4. The zero-order valence-electron chi connectivity index (χ0n) is 20.9. The summed E-state index contributed by atoms with van der Waals surface area (Å²) in [5.74, 6) is 1.36. The Balaban J connectivity index is 1.98. The Morgan fingerprint density at radius 2 is 1.33 bits per heavy atom. The van der Waals surface area contributed by atoms with E-state index in [1.807, 2.05) is 0 Å². The molecule has 2 heterocycles. The molecule has 0 saturated carbocycles. The Kier molecular flexibility index (Phi) is 5.28. The quantitative estimate of drug-likeness (QED) is 0.258. The molecule has 5 rings (SSSR count). The highest BCUT2D eigenvalue weighted by atomic mass is 15.0. The van der Waals surface area contributed by atoms with E-state index >= 15 is 0 Å². The Bertz CT molecular complexity index is 1470. The number of imidazole rings is 1. The van der Waals surface area contributed by atoms with Gasteiger partial charge in [-0.1, -0.05) is 89.6 Å². The number of hydrogen-bond acceptors (Lipinski definition) is 1. The van der Waals surface area contributed by atoms with Gasteiger partial charge in [0.1, 0.15) is 5.65 Å². The molecule has 2 nitrogen and oxygen atoms in total. The fourth-order valence-corrected chi connectivity index (χ4v) is 5.19. The van der Waals surface area contributed by atoms with Gasteiger partial charge in [-0.25, -0.2) is 4.98 Å². The van der Waals surface area contributed by atoms with Crippen molar-refractivity contribution < 1.29 is 0 Å². The summed E-state index contributed by atoms with van der Waals surface area (Å²) in [6.07, 6.45) is 2.10. The van der Waals surface area contributed by atoms with Gasteiger partial charge >= 0.3 is 0 Å². The van der Waals surface area contributed by atoms with Crippen molar-refractivity contribution in [1.29, 1.82) is 0 Å². The molecule has 0 amide bonds. The van der Waals surface area contributed by atoms with E-state index in [4.69, 9.17) is 4.98 Å². The molecule has 0 atom stereocenters. The smallest absolute Gasteiger partial charge is 0.145 e. The van der Waals surface area contributed by atoms with Crippen molar-refractivity contribution in [2.24, 2.45) is 0 Å². The van der Waals surface area contributed by atoms with Crippen molar-refractivity contribution in [3.63, 3.8) is 0 Å². The van der Waals surface area contributed by atoms with E-state index in [9.17, 15) is 0 Å². The Morgan fingerprint density at radius 3 is 1.94 bits per heavy atom. The van der Waals surface area contributed by atoms with Crippen LogP contribution in [0, 0.1) is 6.92 Å². The molecule has 2 aromatic heterocycles. The Labute approximate surface area is 197 Å². The maximum Gasteiger partial charge on any atom is 0.145 e. The van der Waals surface area contributed by atoms with Gasteiger partial charge in [0.25, 0.3) is 0 Å². The first kappa shape index (κ1) is 21.7. The van der Waals surface area contributed by atoms with Crippen LogP contribution in [0.4, 0.5) is 0 Å². The second-order valence-corrected chi connectivity index (χ2v) is 10.4. The second kappa shape index (κ2) is 8.02. The summed E-state index contributed by atoms with van der Waals surface area (Å²) in [7, 11) is 0. The molecule has 0 N–H and O–H groups in total. The monoisotopic (exact) mass is 434 g/mol. The summed E-state index contributed by atoms with van der Waals surface area (Å²) in [6, 6.07) is 20.3. The molecular weight excluding hydrogens is 400 g/mol. The first-order valence-corrected chi connectivity index (χ1v) is 12.2. The number of benzene rings is 3. The third-order valence-electron chi connectivity index (χ3n) is 7.00. The maximum absolute atomic E-state index is 5.02. The lowest BCUT2D eigenvalue weighted by molar-refractivity contribution is 0.806. The molecule has 0 aliphatic carbocycles. The zero-order chi connectivity index (χ0) is 23.4. The third kappa shape index (κ3) is 3.44. The highest BCUT2D eigenvalue weighted by Crippen LogP contribution is 2.41. The van der Waals surface area contributed by atoms with Gasteiger partial charge in [0.15, 0.2) is 0 Å². The number of pyridine rings is 1. The Hall–Kier alpha value is -3.13. The van der Waals surface area contributed by atoms with Crippen LogP contribution >= 0.6 is 0 Å².